The normalized spacial score (nSPS) is 12.3. The summed E-state index contributed by atoms with van der Waals surface area (Å²) in [5.41, 5.74) is 1.69. The molecule has 82 valence electrons. The number of carbonyl (C=O) groups is 1. The van der Waals surface area contributed by atoms with E-state index in [1.165, 1.54) is 0 Å². The quantitative estimate of drug-likeness (QED) is 0.390. The molecule has 0 aromatic rings. The lowest BCUT2D eigenvalue weighted by molar-refractivity contribution is -0.145. The molecule has 0 radical (unpaired) electrons. The van der Waals surface area contributed by atoms with Crippen LogP contribution in [0.15, 0.2) is 11.1 Å². The van der Waals surface area contributed by atoms with E-state index in [-0.39, 0.29) is 12.1 Å². The molecular weight excluding hydrogens is 196 g/mol. The first kappa shape index (κ1) is 13.4. The van der Waals surface area contributed by atoms with Gasteiger partial charge in [-0.15, -0.1) is 0 Å². The zero-order valence-corrected chi connectivity index (χ0v) is 11.7. The standard InChI is InChI=1S/C10H20O3Si/c1-5-9(6-12-14)13-10(11)8(4)7(2)3/h9H,5-6H2,1-4,14H3. The topological polar surface area (TPSA) is 35.5 Å². The molecule has 1 unspecified atom stereocenters. The summed E-state index contributed by atoms with van der Waals surface area (Å²) in [4.78, 5) is 11.5. The molecule has 14 heavy (non-hydrogen) atoms. The molecule has 4 heteroatoms. The predicted octanol–water partition coefficient (Wildman–Crippen LogP) is 0.962. The SMILES string of the molecule is CCC(CO[SiH3])OC(=O)C(C)=C(C)C. The Hall–Kier alpha value is -0.613. The Morgan fingerprint density at radius 3 is 2.29 bits per heavy atom. The number of esters is 1. The van der Waals surface area contributed by atoms with Crippen LogP contribution in [-0.2, 0) is 14.0 Å². The molecule has 0 amide bonds. The van der Waals surface area contributed by atoms with Gasteiger partial charge in [0.05, 0.1) is 6.61 Å². The monoisotopic (exact) mass is 216 g/mol. The highest BCUT2D eigenvalue weighted by molar-refractivity contribution is 5.98. The molecule has 0 aliphatic heterocycles. The van der Waals surface area contributed by atoms with E-state index in [9.17, 15) is 4.79 Å². The first-order valence-electron chi connectivity index (χ1n) is 4.86. The van der Waals surface area contributed by atoms with Gasteiger partial charge < -0.3 is 9.16 Å². The van der Waals surface area contributed by atoms with Gasteiger partial charge in [-0.3, -0.25) is 0 Å². The molecular formula is C10H20O3Si. The van der Waals surface area contributed by atoms with E-state index in [4.69, 9.17) is 9.16 Å². The number of ether oxygens (including phenoxy) is 1. The molecule has 0 saturated heterocycles. The highest BCUT2D eigenvalue weighted by Crippen LogP contribution is 2.08. The van der Waals surface area contributed by atoms with Gasteiger partial charge in [-0.2, -0.15) is 0 Å². The van der Waals surface area contributed by atoms with Gasteiger partial charge in [-0.25, -0.2) is 4.79 Å². The Bertz CT molecular complexity index is 219. The minimum atomic E-state index is -0.226. The summed E-state index contributed by atoms with van der Waals surface area (Å²) in [5.74, 6) is -0.226. The molecule has 0 heterocycles. The fourth-order valence-electron chi connectivity index (χ4n) is 0.865. The fourth-order valence-corrected chi connectivity index (χ4v) is 1.24. The third-order valence-electron chi connectivity index (χ3n) is 2.14. The fraction of sp³-hybridized carbons (Fsp3) is 0.700. The van der Waals surface area contributed by atoms with Crippen molar-refractivity contribution in [2.45, 2.75) is 40.2 Å². The summed E-state index contributed by atoms with van der Waals surface area (Å²) < 4.78 is 10.3. The van der Waals surface area contributed by atoms with Crippen LogP contribution >= 0.6 is 0 Å². The summed E-state index contributed by atoms with van der Waals surface area (Å²) in [6.45, 7) is 8.09. The van der Waals surface area contributed by atoms with Crippen LogP contribution in [0.3, 0.4) is 0 Å². The van der Waals surface area contributed by atoms with Crippen molar-refractivity contribution in [3.63, 3.8) is 0 Å². The van der Waals surface area contributed by atoms with Crippen molar-refractivity contribution in [1.82, 2.24) is 0 Å². The Morgan fingerprint density at radius 2 is 1.93 bits per heavy atom. The number of rotatable bonds is 5. The molecule has 0 saturated carbocycles. The molecule has 0 spiro atoms. The van der Waals surface area contributed by atoms with E-state index < -0.39 is 0 Å². The lowest BCUT2D eigenvalue weighted by atomic mass is 10.2. The first-order valence-corrected chi connectivity index (χ1v) is 5.68. The third kappa shape index (κ3) is 4.57. The maximum Gasteiger partial charge on any atom is 0.333 e. The third-order valence-corrected chi connectivity index (χ3v) is 2.47. The zero-order chi connectivity index (χ0) is 11.1. The van der Waals surface area contributed by atoms with E-state index >= 15 is 0 Å². The van der Waals surface area contributed by atoms with Crippen LogP contribution < -0.4 is 0 Å². The second kappa shape index (κ2) is 6.78. The summed E-state index contributed by atoms with van der Waals surface area (Å²) in [5, 5.41) is 0. The number of allylic oxidation sites excluding steroid dienone is 1. The van der Waals surface area contributed by atoms with Gasteiger partial charge in [0.15, 0.2) is 0 Å². The Kier molecular flexibility index (Phi) is 6.49. The van der Waals surface area contributed by atoms with E-state index in [0.717, 1.165) is 12.0 Å². The summed E-state index contributed by atoms with van der Waals surface area (Å²) in [7, 11) is 0.681. The van der Waals surface area contributed by atoms with Gasteiger partial charge in [-0.05, 0) is 27.2 Å². The molecule has 3 nitrogen and oxygen atoms in total. The summed E-state index contributed by atoms with van der Waals surface area (Å²) >= 11 is 0. The van der Waals surface area contributed by atoms with Gasteiger partial charge in [0.1, 0.15) is 16.6 Å². The minimum absolute atomic E-state index is 0.103. The minimum Gasteiger partial charge on any atom is -0.457 e. The number of carbonyl (C=O) groups excluding carboxylic acids is 1. The average molecular weight is 216 g/mol. The second-order valence-electron chi connectivity index (χ2n) is 3.52. The lowest BCUT2D eigenvalue weighted by Crippen LogP contribution is -2.23. The molecule has 0 aliphatic rings. The Labute approximate surface area is 89.0 Å². The van der Waals surface area contributed by atoms with Crippen molar-refractivity contribution < 1.29 is 14.0 Å². The van der Waals surface area contributed by atoms with Crippen LogP contribution in [0.25, 0.3) is 0 Å². The van der Waals surface area contributed by atoms with Crippen molar-refractivity contribution in [1.29, 1.82) is 0 Å². The maximum atomic E-state index is 11.5. The highest BCUT2D eigenvalue weighted by atomic mass is 28.2. The molecule has 0 bridgehead atoms. The smallest absolute Gasteiger partial charge is 0.333 e. The van der Waals surface area contributed by atoms with Crippen LogP contribution in [-0.4, -0.2) is 29.2 Å². The van der Waals surface area contributed by atoms with Crippen LogP contribution in [0.1, 0.15) is 34.1 Å². The van der Waals surface area contributed by atoms with Crippen LogP contribution in [0.4, 0.5) is 0 Å². The molecule has 1 atom stereocenters. The van der Waals surface area contributed by atoms with Gasteiger partial charge in [0.2, 0.25) is 0 Å². The molecule has 0 N–H and O–H groups in total. The highest BCUT2D eigenvalue weighted by Gasteiger charge is 2.13. The van der Waals surface area contributed by atoms with Gasteiger partial charge in [0.25, 0.3) is 0 Å². The average Bonchev–Trinajstić information content (AvgIpc) is 2.15. The molecule has 0 aliphatic carbocycles. The van der Waals surface area contributed by atoms with Crippen LogP contribution in [0.2, 0.25) is 0 Å². The zero-order valence-electron chi connectivity index (χ0n) is 9.72. The number of hydrogen-bond acceptors (Lipinski definition) is 3. The van der Waals surface area contributed by atoms with Crippen molar-refractivity contribution in [2.24, 2.45) is 0 Å². The maximum absolute atomic E-state index is 11.5. The number of hydrogen-bond donors (Lipinski definition) is 0. The van der Waals surface area contributed by atoms with Crippen molar-refractivity contribution in [2.75, 3.05) is 6.61 Å². The Balaban J connectivity index is 4.23. The van der Waals surface area contributed by atoms with E-state index in [2.05, 4.69) is 0 Å². The van der Waals surface area contributed by atoms with E-state index in [1.807, 2.05) is 20.8 Å². The predicted molar refractivity (Wildman–Crippen MR) is 60.1 cm³/mol. The van der Waals surface area contributed by atoms with E-state index in [0.29, 0.717) is 22.7 Å². The molecule has 0 aromatic carbocycles. The first-order chi connectivity index (χ1) is 6.52. The summed E-state index contributed by atoms with van der Waals surface area (Å²) in [6.07, 6.45) is 0.693. The second-order valence-corrected chi connectivity index (χ2v) is 4.09. The molecule has 0 rings (SSSR count). The van der Waals surface area contributed by atoms with Crippen LogP contribution in [0, 0.1) is 0 Å². The summed E-state index contributed by atoms with van der Waals surface area (Å²) in [6, 6.07) is 0. The molecule has 0 aromatic heterocycles. The molecule has 0 fully saturated rings. The Morgan fingerprint density at radius 1 is 1.36 bits per heavy atom. The lowest BCUT2D eigenvalue weighted by Gasteiger charge is -2.16. The van der Waals surface area contributed by atoms with Crippen molar-refractivity contribution >= 4 is 16.5 Å². The van der Waals surface area contributed by atoms with Gasteiger partial charge in [0, 0.05) is 5.57 Å². The van der Waals surface area contributed by atoms with Crippen LogP contribution in [0.5, 0.6) is 0 Å². The van der Waals surface area contributed by atoms with Crippen molar-refractivity contribution in [3.05, 3.63) is 11.1 Å². The van der Waals surface area contributed by atoms with Gasteiger partial charge in [-0.1, -0.05) is 12.5 Å². The van der Waals surface area contributed by atoms with Gasteiger partial charge >= 0.3 is 5.97 Å². The van der Waals surface area contributed by atoms with E-state index in [1.54, 1.807) is 6.92 Å². The van der Waals surface area contributed by atoms with Crippen molar-refractivity contribution in [3.8, 4) is 0 Å². The largest absolute Gasteiger partial charge is 0.457 e.